The molecule has 1 aliphatic carbocycles. The van der Waals surface area contributed by atoms with Crippen LogP contribution < -0.4 is 16.2 Å². The van der Waals surface area contributed by atoms with Crippen LogP contribution in [0.5, 0.6) is 0 Å². The molecule has 1 heterocycles. The van der Waals surface area contributed by atoms with Gasteiger partial charge in [0.2, 0.25) is 5.91 Å². The maximum absolute atomic E-state index is 12.5. The van der Waals surface area contributed by atoms with E-state index < -0.39 is 0 Å². The summed E-state index contributed by atoms with van der Waals surface area (Å²) in [6.07, 6.45) is 4.73. The van der Waals surface area contributed by atoms with E-state index in [0.717, 1.165) is 22.9 Å². The number of carbonyl (C=O) groups is 1. The summed E-state index contributed by atoms with van der Waals surface area (Å²) in [5.41, 5.74) is 7.48. The molecule has 1 aliphatic heterocycles. The third-order valence-corrected chi connectivity index (χ3v) is 4.72. The maximum atomic E-state index is 12.5. The molecule has 2 atom stereocenters. The fourth-order valence-electron chi connectivity index (χ4n) is 3.14. The Kier molecular flexibility index (Phi) is 4.38. The third kappa shape index (κ3) is 3.05. The molecule has 3 N–H and O–H groups in total. The van der Waals surface area contributed by atoms with E-state index in [4.69, 9.17) is 0 Å². The maximum Gasteiger partial charge on any atom is 0.226 e. The second-order valence-corrected chi connectivity index (χ2v) is 6.57. The average Bonchev–Trinajstić information content (AvgIpc) is 3.09. The van der Waals surface area contributed by atoms with Crippen LogP contribution in [-0.4, -0.2) is 18.5 Å². The highest BCUT2D eigenvalue weighted by Crippen LogP contribution is 2.28. The predicted octanol–water partition coefficient (Wildman–Crippen LogP) is 2.27. The number of halogens is 1. The molecule has 2 unspecified atom stereocenters. The van der Waals surface area contributed by atoms with Gasteiger partial charge in [0, 0.05) is 17.1 Å². The van der Waals surface area contributed by atoms with Crippen LogP contribution in [0.25, 0.3) is 0 Å². The Bertz CT molecular complexity index is 488. The van der Waals surface area contributed by atoms with Gasteiger partial charge >= 0.3 is 0 Å². The van der Waals surface area contributed by atoms with Gasteiger partial charge in [-0.1, -0.05) is 40.9 Å². The Balaban J connectivity index is 1.70. The fourth-order valence-corrected chi connectivity index (χ4v) is 3.55. The van der Waals surface area contributed by atoms with Crippen LogP contribution in [-0.2, 0) is 4.79 Å². The number of benzene rings is 1. The molecule has 20 heavy (non-hydrogen) atoms. The minimum absolute atomic E-state index is 0.0360. The lowest BCUT2D eigenvalue weighted by Gasteiger charge is -2.21. The van der Waals surface area contributed by atoms with E-state index in [1.54, 1.807) is 0 Å². The number of nitrogens with one attached hydrogen (secondary N) is 3. The molecule has 1 saturated carbocycles. The zero-order valence-corrected chi connectivity index (χ0v) is 12.9. The lowest BCUT2D eigenvalue weighted by molar-refractivity contribution is -0.125. The largest absolute Gasteiger partial charge is 0.353 e. The van der Waals surface area contributed by atoms with Gasteiger partial charge in [0.25, 0.3) is 0 Å². The first kappa shape index (κ1) is 14.0. The van der Waals surface area contributed by atoms with Crippen molar-refractivity contribution in [3.8, 4) is 0 Å². The van der Waals surface area contributed by atoms with Gasteiger partial charge < -0.3 is 5.32 Å². The molecule has 0 spiro atoms. The zero-order chi connectivity index (χ0) is 13.9. The number of hydrogen-bond acceptors (Lipinski definition) is 3. The number of hydrazine groups is 1. The van der Waals surface area contributed by atoms with E-state index >= 15 is 0 Å². The molecular weight excluding hydrogens is 318 g/mol. The van der Waals surface area contributed by atoms with Gasteiger partial charge in [-0.3, -0.25) is 10.2 Å². The van der Waals surface area contributed by atoms with Gasteiger partial charge in [-0.05, 0) is 30.5 Å². The van der Waals surface area contributed by atoms with Crippen molar-refractivity contribution < 1.29 is 4.79 Å². The van der Waals surface area contributed by atoms with Crippen LogP contribution in [0.15, 0.2) is 28.7 Å². The van der Waals surface area contributed by atoms with Crippen LogP contribution in [0.1, 0.15) is 37.3 Å². The molecule has 2 aliphatic rings. The van der Waals surface area contributed by atoms with Crippen molar-refractivity contribution in [2.24, 2.45) is 5.92 Å². The van der Waals surface area contributed by atoms with Gasteiger partial charge in [-0.2, -0.15) is 0 Å². The van der Waals surface area contributed by atoms with Gasteiger partial charge in [0.1, 0.15) is 0 Å². The molecule has 1 amide bonds. The van der Waals surface area contributed by atoms with Crippen molar-refractivity contribution in [2.45, 2.75) is 37.8 Å². The molecule has 5 heteroatoms. The molecular formula is C15H20BrN3O. The Labute approximate surface area is 127 Å². The first-order valence-corrected chi connectivity index (χ1v) is 8.07. The normalized spacial score (nSPS) is 26.9. The van der Waals surface area contributed by atoms with E-state index in [2.05, 4.69) is 44.2 Å². The molecule has 2 fully saturated rings. The average molecular weight is 338 g/mol. The minimum Gasteiger partial charge on any atom is -0.353 e. The van der Waals surface area contributed by atoms with Crippen molar-refractivity contribution in [3.05, 3.63) is 34.3 Å². The fraction of sp³-hybridized carbons (Fsp3) is 0.533. The van der Waals surface area contributed by atoms with Crippen molar-refractivity contribution in [1.82, 2.24) is 16.2 Å². The van der Waals surface area contributed by atoms with E-state index in [-0.39, 0.29) is 17.9 Å². The monoisotopic (exact) mass is 337 g/mol. The summed E-state index contributed by atoms with van der Waals surface area (Å²) in [4.78, 5) is 12.5. The second kappa shape index (κ2) is 6.24. The highest BCUT2D eigenvalue weighted by molar-refractivity contribution is 9.10. The molecule has 3 rings (SSSR count). The molecule has 108 valence electrons. The van der Waals surface area contributed by atoms with E-state index in [9.17, 15) is 4.79 Å². The SMILES string of the molecule is O=C(NC1CCCC1)C1CNNC1c1cccc(Br)c1. The van der Waals surface area contributed by atoms with Crippen molar-refractivity contribution in [2.75, 3.05) is 6.54 Å². The predicted molar refractivity (Wildman–Crippen MR) is 81.9 cm³/mol. The standard InChI is InChI=1S/C15H20BrN3O/c16-11-5-3-4-10(8-11)14-13(9-17-19-14)15(20)18-12-6-1-2-7-12/h3-5,8,12-14,17,19H,1-2,6-7,9H2,(H,18,20). The van der Waals surface area contributed by atoms with Crippen LogP contribution in [0, 0.1) is 5.92 Å². The topological polar surface area (TPSA) is 53.2 Å². The zero-order valence-electron chi connectivity index (χ0n) is 11.4. The summed E-state index contributed by atoms with van der Waals surface area (Å²) in [5, 5.41) is 3.20. The number of rotatable bonds is 3. The second-order valence-electron chi connectivity index (χ2n) is 5.65. The quantitative estimate of drug-likeness (QED) is 0.793. The molecule has 0 aromatic heterocycles. The van der Waals surface area contributed by atoms with Gasteiger partial charge in [0.05, 0.1) is 12.0 Å². The third-order valence-electron chi connectivity index (χ3n) is 4.23. The molecule has 1 aromatic carbocycles. The summed E-state index contributed by atoms with van der Waals surface area (Å²) in [5.74, 6) is 0.115. The smallest absolute Gasteiger partial charge is 0.226 e. The Morgan fingerprint density at radius 2 is 2.10 bits per heavy atom. The summed E-state index contributed by atoms with van der Waals surface area (Å²) < 4.78 is 1.04. The number of amides is 1. The molecule has 1 saturated heterocycles. The summed E-state index contributed by atoms with van der Waals surface area (Å²) in [6.45, 7) is 0.676. The Hall–Kier alpha value is -0.910. The van der Waals surface area contributed by atoms with Gasteiger partial charge in [0.15, 0.2) is 0 Å². The van der Waals surface area contributed by atoms with E-state index in [1.165, 1.54) is 12.8 Å². The van der Waals surface area contributed by atoms with Crippen LogP contribution in [0.3, 0.4) is 0 Å². The van der Waals surface area contributed by atoms with Crippen LogP contribution in [0.4, 0.5) is 0 Å². The lowest BCUT2D eigenvalue weighted by Crippen LogP contribution is -2.40. The van der Waals surface area contributed by atoms with Crippen molar-refractivity contribution >= 4 is 21.8 Å². The van der Waals surface area contributed by atoms with Crippen molar-refractivity contribution in [1.29, 1.82) is 0 Å². The van der Waals surface area contributed by atoms with Gasteiger partial charge in [-0.25, -0.2) is 5.43 Å². The Morgan fingerprint density at radius 1 is 1.30 bits per heavy atom. The van der Waals surface area contributed by atoms with Crippen LogP contribution in [0.2, 0.25) is 0 Å². The molecule has 4 nitrogen and oxygen atoms in total. The Morgan fingerprint density at radius 3 is 2.85 bits per heavy atom. The minimum atomic E-state index is -0.0510. The van der Waals surface area contributed by atoms with E-state index in [0.29, 0.717) is 12.6 Å². The summed E-state index contributed by atoms with van der Waals surface area (Å²) in [6, 6.07) is 8.55. The first-order chi connectivity index (χ1) is 9.74. The first-order valence-electron chi connectivity index (χ1n) is 7.28. The summed E-state index contributed by atoms with van der Waals surface area (Å²) >= 11 is 3.49. The molecule has 1 aromatic rings. The number of carbonyl (C=O) groups excluding carboxylic acids is 1. The molecule has 0 radical (unpaired) electrons. The highest BCUT2D eigenvalue weighted by Gasteiger charge is 2.35. The number of hydrogen-bond donors (Lipinski definition) is 3. The lowest BCUT2D eigenvalue weighted by atomic mass is 9.94. The molecule has 0 bridgehead atoms. The van der Waals surface area contributed by atoms with Gasteiger partial charge in [-0.15, -0.1) is 0 Å². The highest BCUT2D eigenvalue weighted by atomic mass is 79.9. The summed E-state index contributed by atoms with van der Waals surface area (Å²) in [7, 11) is 0. The van der Waals surface area contributed by atoms with Crippen LogP contribution >= 0.6 is 15.9 Å². The van der Waals surface area contributed by atoms with Crippen molar-refractivity contribution in [3.63, 3.8) is 0 Å². The van der Waals surface area contributed by atoms with E-state index in [1.807, 2.05) is 12.1 Å².